The summed E-state index contributed by atoms with van der Waals surface area (Å²) in [7, 11) is 0. The van der Waals surface area contributed by atoms with Crippen molar-refractivity contribution in [3.63, 3.8) is 0 Å². The van der Waals surface area contributed by atoms with Crippen molar-refractivity contribution in [1.29, 1.82) is 0 Å². The number of carbonyl (C=O) groups excluding carboxylic acids is 2. The smallest absolute Gasteiger partial charge is 0.308 e. The predicted octanol–water partition coefficient (Wildman–Crippen LogP) is 0.586. The van der Waals surface area contributed by atoms with E-state index in [2.05, 4.69) is 42.3 Å². The second-order valence-corrected chi connectivity index (χ2v) is 9.19. The van der Waals surface area contributed by atoms with Crippen molar-refractivity contribution in [2.45, 2.75) is 38.8 Å². The summed E-state index contributed by atoms with van der Waals surface area (Å²) in [5.41, 5.74) is 7.36. The van der Waals surface area contributed by atoms with E-state index >= 15 is 0 Å². The Morgan fingerprint density at radius 3 is 2.60 bits per heavy atom. The fourth-order valence-corrected chi connectivity index (χ4v) is 5.29. The van der Waals surface area contributed by atoms with Crippen molar-refractivity contribution in [3.05, 3.63) is 29.8 Å². The van der Waals surface area contributed by atoms with Crippen LogP contribution < -0.4 is 16.0 Å². The number of carboxylic acids is 1. The second-order valence-electron chi connectivity index (χ2n) is 9.19. The molecule has 2 amide bonds. The van der Waals surface area contributed by atoms with Gasteiger partial charge in [0.1, 0.15) is 6.04 Å². The lowest BCUT2D eigenvalue weighted by molar-refractivity contribution is -0.151. The molecule has 0 aromatic heterocycles. The Morgan fingerprint density at radius 2 is 2.00 bits per heavy atom. The normalized spacial score (nSPS) is 33.4. The van der Waals surface area contributed by atoms with Gasteiger partial charge in [-0.15, -0.1) is 0 Å². The van der Waals surface area contributed by atoms with E-state index in [-0.39, 0.29) is 23.8 Å². The molecule has 1 saturated carbocycles. The average molecular weight is 415 g/mol. The third-order valence-electron chi connectivity index (χ3n) is 7.09. The number of carbonyl (C=O) groups is 3. The monoisotopic (exact) mass is 414 g/mol. The summed E-state index contributed by atoms with van der Waals surface area (Å²) in [5.74, 6) is -2.68. The number of piperidine rings is 1. The number of nitrogens with two attached hydrogens (primary N) is 1. The summed E-state index contributed by atoms with van der Waals surface area (Å²) in [6.45, 7) is 6.41. The number of rotatable bonds is 4. The largest absolute Gasteiger partial charge is 0.481 e. The molecule has 2 heterocycles. The van der Waals surface area contributed by atoms with Crippen molar-refractivity contribution in [2.75, 3.05) is 31.1 Å². The molecule has 5 unspecified atom stereocenters. The topological polar surface area (TPSA) is 116 Å². The number of anilines is 1. The zero-order valence-corrected chi connectivity index (χ0v) is 17.5. The van der Waals surface area contributed by atoms with E-state index in [1.165, 1.54) is 5.56 Å². The molecular formula is C22H30N4O4. The molecule has 0 bridgehead atoms. The first-order chi connectivity index (χ1) is 14.2. The predicted molar refractivity (Wildman–Crippen MR) is 112 cm³/mol. The number of primary amides is 1. The number of amides is 2. The highest BCUT2D eigenvalue weighted by Crippen LogP contribution is 2.58. The van der Waals surface area contributed by atoms with Crippen LogP contribution in [0, 0.1) is 24.2 Å². The van der Waals surface area contributed by atoms with Crippen LogP contribution in [0.4, 0.5) is 5.69 Å². The minimum atomic E-state index is -0.999. The van der Waals surface area contributed by atoms with Gasteiger partial charge in [-0.2, -0.15) is 0 Å². The molecule has 1 spiro atoms. The zero-order valence-electron chi connectivity index (χ0n) is 17.5. The Balaban J connectivity index is 1.43. The van der Waals surface area contributed by atoms with Crippen LogP contribution in [-0.4, -0.2) is 66.1 Å². The molecule has 1 aromatic rings. The van der Waals surface area contributed by atoms with Crippen molar-refractivity contribution >= 4 is 23.5 Å². The van der Waals surface area contributed by atoms with Gasteiger partial charge in [0, 0.05) is 43.8 Å². The van der Waals surface area contributed by atoms with E-state index in [1.54, 1.807) is 4.90 Å². The fraction of sp³-hybridized carbons (Fsp3) is 0.591. The van der Waals surface area contributed by atoms with E-state index in [4.69, 9.17) is 5.73 Å². The van der Waals surface area contributed by atoms with Crippen LogP contribution in [0.2, 0.25) is 0 Å². The van der Waals surface area contributed by atoms with Gasteiger partial charge in [-0.1, -0.05) is 12.1 Å². The van der Waals surface area contributed by atoms with Crippen molar-refractivity contribution in [3.8, 4) is 0 Å². The first-order valence-corrected chi connectivity index (χ1v) is 10.6. The van der Waals surface area contributed by atoms with Crippen LogP contribution in [-0.2, 0) is 14.4 Å². The Morgan fingerprint density at radius 1 is 1.23 bits per heavy atom. The summed E-state index contributed by atoms with van der Waals surface area (Å²) in [6, 6.07) is 7.68. The molecule has 4 N–H and O–H groups in total. The van der Waals surface area contributed by atoms with Crippen LogP contribution in [0.25, 0.3) is 0 Å². The molecule has 2 aliphatic heterocycles. The molecule has 30 heavy (non-hydrogen) atoms. The highest BCUT2D eigenvalue weighted by atomic mass is 16.4. The standard InChI is InChI=1S/C22H30N4O4/c1-13-4-3-5-15(8-13)26-7-6-25(11-14(26)2)20(28)18-16(21(29)30)9-22(12-24-18)10-17(22)19(23)27/h3-5,8,14,16-18,24H,6-7,9-12H2,1-2H3,(H2,23,27)(H,29,30). The molecule has 5 atom stereocenters. The molecule has 162 valence electrons. The van der Waals surface area contributed by atoms with E-state index < -0.39 is 23.3 Å². The minimum Gasteiger partial charge on any atom is -0.481 e. The summed E-state index contributed by atoms with van der Waals surface area (Å²) in [4.78, 5) is 40.8. The van der Waals surface area contributed by atoms with Crippen LogP contribution >= 0.6 is 0 Å². The summed E-state index contributed by atoms with van der Waals surface area (Å²) in [5, 5.41) is 12.9. The Hall–Kier alpha value is -2.61. The third kappa shape index (κ3) is 3.64. The van der Waals surface area contributed by atoms with E-state index in [9.17, 15) is 19.5 Å². The lowest BCUT2D eigenvalue weighted by Crippen LogP contribution is -2.62. The zero-order chi connectivity index (χ0) is 21.6. The highest BCUT2D eigenvalue weighted by Gasteiger charge is 2.62. The lowest BCUT2D eigenvalue weighted by atomic mass is 9.80. The van der Waals surface area contributed by atoms with Crippen molar-refractivity contribution in [2.24, 2.45) is 23.0 Å². The summed E-state index contributed by atoms with van der Waals surface area (Å²) < 4.78 is 0. The number of piperazine rings is 1. The number of carboxylic acid groups (broad SMARTS) is 1. The summed E-state index contributed by atoms with van der Waals surface area (Å²) in [6.07, 6.45) is 0.921. The molecule has 8 nitrogen and oxygen atoms in total. The van der Waals surface area contributed by atoms with E-state index in [1.807, 2.05) is 6.07 Å². The van der Waals surface area contributed by atoms with Gasteiger partial charge in [-0.3, -0.25) is 14.4 Å². The van der Waals surface area contributed by atoms with E-state index in [0.29, 0.717) is 39.0 Å². The molecule has 8 heteroatoms. The highest BCUT2D eigenvalue weighted by molar-refractivity contribution is 5.89. The van der Waals surface area contributed by atoms with Gasteiger partial charge in [0.25, 0.3) is 0 Å². The first-order valence-electron chi connectivity index (χ1n) is 10.6. The molecule has 3 fully saturated rings. The van der Waals surface area contributed by atoms with Gasteiger partial charge in [-0.25, -0.2) is 0 Å². The molecule has 4 rings (SSSR count). The Bertz CT molecular complexity index is 874. The number of aliphatic carboxylic acids is 1. The van der Waals surface area contributed by atoms with Crippen molar-refractivity contribution < 1.29 is 19.5 Å². The fourth-order valence-electron chi connectivity index (χ4n) is 5.29. The van der Waals surface area contributed by atoms with E-state index in [0.717, 1.165) is 5.69 Å². The maximum atomic E-state index is 13.2. The lowest BCUT2D eigenvalue weighted by Gasteiger charge is -2.44. The third-order valence-corrected chi connectivity index (χ3v) is 7.09. The number of benzene rings is 1. The SMILES string of the molecule is Cc1cccc(N2CCN(C(=O)C3NCC4(CC3C(=O)O)CC4C(N)=O)CC2C)c1. The van der Waals surface area contributed by atoms with Gasteiger partial charge in [0.05, 0.1) is 5.92 Å². The second kappa shape index (κ2) is 7.58. The van der Waals surface area contributed by atoms with Crippen molar-refractivity contribution in [1.82, 2.24) is 10.2 Å². The average Bonchev–Trinajstić information content (AvgIpc) is 3.40. The molecule has 0 radical (unpaired) electrons. The van der Waals surface area contributed by atoms with Gasteiger partial charge in [0.15, 0.2) is 0 Å². The molecule has 2 saturated heterocycles. The van der Waals surface area contributed by atoms with Crippen LogP contribution in [0.1, 0.15) is 25.3 Å². The Kier molecular flexibility index (Phi) is 5.22. The maximum absolute atomic E-state index is 13.2. The van der Waals surface area contributed by atoms with Crippen LogP contribution in [0.5, 0.6) is 0 Å². The molecule has 3 aliphatic rings. The summed E-state index contributed by atoms with van der Waals surface area (Å²) >= 11 is 0. The Labute approximate surface area is 176 Å². The van der Waals surface area contributed by atoms with Gasteiger partial charge in [-0.05, 0) is 49.8 Å². The van der Waals surface area contributed by atoms with Gasteiger partial charge >= 0.3 is 5.97 Å². The molecule has 1 aliphatic carbocycles. The molecular weight excluding hydrogens is 384 g/mol. The first kappa shape index (κ1) is 20.7. The number of hydrogen-bond acceptors (Lipinski definition) is 5. The van der Waals surface area contributed by atoms with Gasteiger partial charge < -0.3 is 26.0 Å². The number of nitrogens with zero attached hydrogens (tertiary/aromatic N) is 2. The number of nitrogens with one attached hydrogen (secondary N) is 1. The quantitative estimate of drug-likeness (QED) is 0.664. The minimum absolute atomic E-state index is 0.130. The van der Waals surface area contributed by atoms with Crippen LogP contribution in [0.15, 0.2) is 24.3 Å². The molecule has 1 aromatic carbocycles. The number of hydrogen-bond donors (Lipinski definition) is 3. The van der Waals surface area contributed by atoms with Crippen LogP contribution in [0.3, 0.4) is 0 Å². The number of aryl methyl sites for hydroxylation is 1. The van der Waals surface area contributed by atoms with Gasteiger partial charge in [0.2, 0.25) is 11.8 Å². The maximum Gasteiger partial charge on any atom is 0.308 e.